The van der Waals surface area contributed by atoms with E-state index in [4.69, 9.17) is 4.98 Å². The lowest BCUT2D eigenvalue weighted by Crippen LogP contribution is -2.31. The van der Waals surface area contributed by atoms with Crippen LogP contribution in [0.1, 0.15) is 25.7 Å². The number of nitrogens with one attached hydrogen (secondary N) is 1. The van der Waals surface area contributed by atoms with Gasteiger partial charge in [0.1, 0.15) is 0 Å². The molecule has 174 valence electrons. The van der Waals surface area contributed by atoms with Gasteiger partial charge in [-0.05, 0) is 69.2 Å². The van der Waals surface area contributed by atoms with E-state index in [-0.39, 0.29) is 0 Å². The summed E-state index contributed by atoms with van der Waals surface area (Å²) in [5, 5.41) is 4.86. The van der Waals surface area contributed by atoms with Crippen molar-refractivity contribution in [3.05, 3.63) is 73.2 Å². The number of hydrogen-bond donors (Lipinski definition) is 1. The Labute approximate surface area is 204 Å². The van der Waals surface area contributed by atoms with E-state index >= 15 is 0 Å². The molecule has 0 saturated carbocycles. The molecule has 1 fully saturated rings. The molecule has 5 nitrogen and oxygen atoms in total. The van der Waals surface area contributed by atoms with Crippen molar-refractivity contribution in [2.75, 3.05) is 19.6 Å². The maximum atomic E-state index is 4.92. The van der Waals surface area contributed by atoms with E-state index < -0.39 is 0 Å². The molecule has 35 heavy (non-hydrogen) atoms. The number of hydrogen-bond acceptors (Lipinski definition) is 3. The summed E-state index contributed by atoms with van der Waals surface area (Å²) in [5.74, 6) is 0. The smallest absolute Gasteiger partial charge is 0.0723 e. The molecule has 0 atom stereocenters. The van der Waals surface area contributed by atoms with E-state index in [1.54, 1.807) is 0 Å². The van der Waals surface area contributed by atoms with E-state index in [0.717, 1.165) is 34.2 Å². The van der Waals surface area contributed by atoms with E-state index in [1.165, 1.54) is 72.5 Å². The fraction of sp³-hybridized carbons (Fsp3) is 0.267. The quantitative estimate of drug-likeness (QED) is 0.310. The number of aryl methyl sites for hydroxylation is 1. The molecule has 5 heteroatoms. The molecular formula is C30H29N5. The molecule has 0 spiro atoms. The predicted molar refractivity (Wildman–Crippen MR) is 145 cm³/mol. The number of fused-ring (bicyclic) bond motifs is 6. The fourth-order valence-electron chi connectivity index (χ4n) is 5.87. The van der Waals surface area contributed by atoms with Crippen LogP contribution in [0.15, 0.2) is 73.2 Å². The second-order valence-electron chi connectivity index (χ2n) is 9.82. The Hall–Kier alpha value is -3.70. The SMILES string of the molecule is c1ccc2c(c1)c1cnc(-c3ccc4[nH]c5ccncc5c4c3)cc1n2CCCN1CCCCC1. The van der Waals surface area contributed by atoms with Crippen LogP contribution in [0.5, 0.6) is 0 Å². The summed E-state index contributed by atoms with van der Waals surface area (Å²) < 4.78 is 2.51. The molecule has 6 aromatic rings. The Morgan fingerprint density at radius 3 is 2.57 bits per heavy atom. The van der Waals surface area contributed by atoms with Crippen LogP contribution in [-0.2, 0) is 6.54 Å². The van der Waals surface area contributed by atoms with Crippen molar-refractivity contribution in [3.63, 3.8) is 0 Å². The molecule has 0 amide bonds. The summed E-state index contributed by atoms with van der Waals surface area (Å²) in [6, 6.07) is 19.6. The molecule has 5 heterocycles. The first kappa shape index (κ1) is 20.7. The van der Waals surface area contributed by atoms with Crippen LogP contribution >= 0.6 is 0 Å². The van der Waals surface area contributed by atoms with Crippen molar-refractivity contribution in [2.45, 2.75) is 32.2 Å². The topological polar surface area (TPSA) is 49.7 Å². The highest BCUT2D eigenvalue weighted by Crippen LogP contribution is 2.33. The molecule has 1 N–H and O–H groups in total. The molecule has 0 aliphatic carbocycles. The number of nitrogens with zero attached hydrogens (tertiary/aromatic N) is 4. The maximum absolute atomic E-state index is 4.92. The molecule has 7 rings (SSSR count). The second-order valence-corrected chi connectivity index (χ2v) is 9.82. The Morgan fingerprint density at radius 2 is 1.63 bits per heavy atom. The fourth-order valence-corrected chi connectivity index (χ4v) is 5.87. The number of para-hydroxylation sites is 1. The van der Waals surface area contributed by atoms with Crippen LogP contribution < -0.4 is 0 Å². The molecule has 0 bridgehead atoms. The Bertz CT molecular complexity index is 1670. The van der Waals surface area contributed by atoms with Gasteiger partial charge >= 0.3 is 0 Å². The van der Waals surface area contributed by atoms with E-state index in [9.17, 15) is 0 Å². The van der Waals surface area contributed by atoms with Crippen molar-refractivity contribution in [1.82, 2.24) is 24.4 Å². The largest absolute Gasteiger partial charge is 0.354 e. The van der Waals surface area contributed by atoms with Crippen molar-refractivity contribution >= 4 is 43.6 Å². The van der Waals surface area contributed by atoms with Crippen LogP contribution in [0.3, 0.4) is 0 Å². The number of piperidine rings is 1. The van der Waals surface area contributed by atoms with Crippen molar-refractivity contribution in [2.24, 2.45) is 0 Å². The van der Waals surface area contributed by atoms with Gasteiger partial charge < -0.3 is 14.5 Å². The summed E-state index contributed by atoms with van der Waals surface area (Å²) in [7, 11) is 0. The van der Waals surface area contributed by atoms with Crippen LogP contribution in [-0.4, -0.2) is 44.1 Å². The van der Waals surface area contributed by atoms with Gasteiger partial charge in [0, 0.05) is 68.8 Å². The van der Waals surface area contributed by atoms with Gasteiger partial charge in [0.25, 0.3) is 0 Å². The number of aromatic nitrogens is 4. The van der Waals surface area contributed by atoms with E-state index in [2.05, 4.69) is 74.2 Å². The molecule has 1 saturated heterocycles. The third-order valence-corrected chi connectivity index (χ3v) is 7.66. The molecule has 2 aromatic carbocycles. The molecule has 0 radical (unpaired) electrons. The molecule has 0 unspecified atom stereocenters. The minimum Gasteiger partial charge on any atom is -0.354 e. The summed E-state index contributed by atoms with van der Waals surface area (Å²) >= 11 is 0. The predicted octanol–water partition coefficient (Wildman–Crippen LogP) is 6.76. The van der Waals surface area contributed by atoms with Gasteiger partial charge in [-0.2, -0.15) is 0 Å². The first-order valence-corrected chi connectivity index (χ1v) is 12.8. The molecule has 1 aliphatic heterocycles. The zero-order valence-electron chi connectivity index (χ0n) is 19.9. The van der Waals surface area contributed by atoms with Gasteiger partial charge in [-0.3, -0.25) is 9.97 Å². The first-order chi connectivity index (χ1) is 17.3. The zero-order chi connectivity index (χ0) is 23.2. The van der Waals surface area contributed by atoms with Gasteiger partial charge in [-0.15, -0.1) is 0 Å². The van der Waals surface area contributed by atoms with Crippen molar-refractivity contribution in [3.8, 4) is 11.3 Å². The number of aromatic amines is 1. The molecule has 1 aliphatic rings. The Balaban J connectivity index is 1.30. The third kappa shape index (κ3) is 3.58. The number of benzene rings is 2. The first-order valence-electron chi connectivity index (χ1n) is 12.8. The standard InChI is InChI=1S/C30H29N5/c1-4-13-34(14-5-1)15-6-16-35-29-8-3-2-7-22(29)25-20-32-28(18-30(25)35)21-9-10-26-23(17-21)24-19-31-12-11-27(24)33-26/h2-3,7-12,17-20,33H,1,4-6,13-16H2. The molecular weight excluding hydrogens is 430 g/mol. The second kappa shape index (κ2) is 8.51. The van der Waals surface area contributed by atoms with Gasteiger partial charge in [-0.25, -0.2) is 0 Å². The summed E-state index contributed by atoms with van der Waals surface area (Å²) in [6.45, 7) is 4.72. The summed E-state index contributed by atoms with van der Waals surface area (Å²) in [4.78, 5) is 15.4. The van der Waals surface area contributed by atoms with E-state index in [1.807, 2.05) is 18.5 Å². The number of pyridine rings is 2. The van der Waals surface area contributed by atoms with Gasteiger partial charge in [0.2, 0.25) is 0 Å². The van der Waals surface area contributed by atoms with E-state index in [0.29, 0.717) is 0 Å². The Morgan fingerprint density at radius 1 is 0.743 bits per heavy atom. The summed E-state index contributed by atoms with van der Waals surface area (Å²) in [5.41, 5.74) is 6.97. The lowest BCUT2D eigenvalue weighted by atomic mass is 10.1. The minimum absolute atomic E-state index is 1.01. The van der Waals surface area contributed by atoms with Crippen LogP contribution in [0.4, 0.5) is 0 Å². The van der Waals surface area contributed by atoms with Gasteiger partial charge in [-0.1, -0.05) is 30.7 Å². The van der Waals surface area contributed by atoms with Crippen molar-refractivity contribution in [1.29, 1.82) is 0 Å². The Kier molecular flexibility index (Phi) is 5.02. The highest BCUT2D eigenvalue weighted by atomic mass is 15.1. The monoisotopic (exact) mass is 459 g/mol. The number of H-pyrrole nitrogens is 1. The number of rotatable bonds is 5. The highest BCUT2D eigenvalue weighted by molar-refractivity contribution is 6.10. The maximum Gasteiger partial charge on any atom is 0.0723 e. The van der Waals surface area contributed by atoms with Gasteiger partial charge in [0.05, 0.1) is 11.2 Å². The van der Waals surface area contributed by atoms with Crippen LogP contribution in [0, 0.1) is 0 Å². The van der Waals surface area contributed by atoms with Crippen LogP contribution in [0.25, 0.3) is 54.9 Å². The highest BCUT2D eigenvalue weighted by Gasteiger charge is 2.15. The average molecular weight is 460 g/mol. The van der Waals surface area contributed by atoms with Crippen LogP contribution in [0.2, 0.25) is 0 Å². The van der Waals surface area contributed by atoms with Gasteiger partial charge in [0.15, 0.2) is 0 Å². The minimum atomic E-state index is 1.01. The summed E-state index contributed by atoms with van der Waals surface area (Å²) in [6.07, 6.45) is 11.1. The average Bonchev–Trinajstić information content (AvgIpc) is 3.44. The normalized spacial score (nSPS) is 15.1. The third-order valence-electron chi connectivity index (χ3n) is 7.66. The number of likely N-dealkylation sites (tertiary alicyclic amines) is 1. The lowest BCUT2D eigenvalue weighted by molar-refractivity contribution is 0.223. The molecule has 4 aromatic heterocycles. The van der Waals surface area contributed by atoms with Crippen molar-refractivity contribution < 1.29 is 0 Å². The lowest BCUT2D eigenvalue weighted by Gasteiger charge is -2.26. The zero-order valence-corrected chi connectivity index (χ0v) is 19.9.